The number of nitrogens with two attached hydrogens (primary N) is 1. The number of benzene rings is 1. The van der Waals surface area contributed by atoms with E-state index in [1.54, 1.807) is 0 Å². The number of phenolic OH excluding ortho intramolecular Hbond substituents is 1. The third-order valence-corrected chi connectivity index (χ3v) is 4.33. The minimum Gasteiger partial charge on any atom is -0.508 e. The summed E-state index contributed by atoms with van der Waals surface area (Å²) in [5.74, 6) is -3.72. The maximum Gasteiger partial charge on any atom is 0.326 e. The zero-order valence-corrected chi connectivity index (χ0v) is 17.0. The van der Waals surface area contributed by atoms with E-state index in [1.807, 2.05) is 13.8 Å². The van der Waals surface area contributed by atoms with Crippen molar-refractivity contribution in [2.45, 2.75) is 57.7 Å². The van der Waals surface area contributed by atoms with Gasteiger partial charge in [-0.1, -0.05) is 26.0 Å². The van der Waals surface area contributed by atoms with Gasteiger partial charge >= 0.3 is 11.9 Å². The number of carbonyl (C=O) groups excluding carboxylic acids is 2. The van der Waals surface area contributed by atoms with E-state index in [4.69, 9.17) is 10.8 Å². The number of carbonyl (C=O) groups is 4. The molecule has 0 unspecified atom stereocenters. The Hall–Kier alpha value is -3.14. The Balaban J connectivity index is 2.88. The number of aromatic hydroxyl groups is 1. The van der Waals surface area contributed by atoms with Crippen molar-refractivity contribution in [1.29, 1.82) is 0 Å². The molecule has 0 aromatic heterocycles. The fourth-order valence-corrected chi connectivity index (χ4v) is 2.77. The predicted octanol–water partition coefficient (Wildman–Crippen LogP) is 0.227. The number of hydrogen-bond donors (Lipinski definition) is 6. The van der Waals surface area contributed by atoms with E-state index in [1.165, 1.54) is 24.3 Å². The highest BCUT2D eigenvalue weighted by Gasteiger charge is 2.28. The molecule has 10 heteroatoms. The summed E-state index contributed by atoms with van der Waals surface area (Å²) in [6.07, 6.45) is -0.300. The number of carboxylic acids is 2. The van der Waals surface area contributed by atoms with Gasteiger partial charge < -0.3 is 31.7 Å². The Labute approximate surface area is 174 Å². The lowest BCUT2D eigenvalue weighted by Gasteiger charge is -2.23. The van der Waals surface area contributed by atoms with Crippen LogP contribution in [0, 0.1) is 5.92 Å². The fraction of sp³-hybridized carbons (Fsp3) is 0.500. The maximum atomic E-state index is 12.6. The number of amides is 2. The third-order valence-electron chi connectivity index (χ3n) is 4.33. The summed E-state index contributed by atoms with van der Waals surface area (Å²) in [5, 5.41) is 32.4. The molecule has 0 saturated heterocycles. The van der Waals surface area contributed by atoms with Crippen molar-refractivity contribution in [3.8, 4) is 5.75 Å². The van der Waals surface area contributed by atoms with Crippen LogP contribution in [0.25, 0.3) is 0 Å². The highest BCUT2D eigenvalue weighted by atomic mass is 16.4. The Morgan fingerprint density at radius 2 is 1.53 bits per heavy atom. The normalized spacial score (nSPS) is 13.9. The van der Waals surface area contributed by atoms with Crippen molar-refractivity contribution in [2.24, 2.45) is 11.7 Å². The predicted molar refractivity (Wildman–Crippen MR) is 108 cm³/mol. The van der Waals surface area contributed by atoms with Crippen molar-refractivity contribution >= 4 is 23.8 Å². The van der Waals surface area contributed by atoms with Gasteiger partial charge in [-0.15, -0.1) is 0 Å². The molecule has 0 bridgehead atoms. The summed E-state index contributed by atoms with van der Waals surface area (Å²) in [7, 11) is 0. The maximum absolute atomic E-state index is 12.6. The number of phenols is 1. The van der Waals surface area contributed by atoms with Crippen LogP contribution in [-0.2, 0) is 25.6 Å². The molecular weight excluding hydrogens is 394 g/mol. The molecule has 0 spiro atoms. The summed E-state index contributed by atoms with van der Waals surface area (Å²) >= 11 is 0. The molecule has 166 valence electrons. The lowest BCUT2D eigenvalue weighted by Crippen LogP contribution is -2.55. The van der Waals surface area contributed by atoms with E-state index in [2.05, 4.69) is 10.6 Å². The van der Waals surface area contributed by atoms with Crippen LogP contribution in [0.15, 0.2) is 24.3 Å². The SMILES string of the molecule is CC(C)C[C@H](N)C(=O)N[C@@H](CCC(=O)O)C(=O)N[C@@H](Cc1ccc(O)cc1)C(=O)O. The Morgan fingerprint density at radius 3 is 2.03 bits per heavy atom. The first-order valence-corrected chi connectivity index (χ1v) is 9.58. The second-order valence-corrected chi connectivity index (χ2v) is 7.50. The molecular formula is C20H29N3O7. The van der Waals surface area contributed by atoms with Crippen LogP contribution < -0.4 is 16.4 Å². The van der Waals surface area contributed by atoms with Crippen LogP contribution in [0.5, 0.6) is 5.75 Å². The van der Waals surface area contributed by atoms with Gasteiger partial charge in [0.1, 0.15) is 17.8 Å². The van der Waals surface area contributed by atoms with Gasteiger partial charge in [0.25, 0.3) is 0 Å². The molecule has 1 rings (SSSR count). The minimum absolute atomic E-state index is 0.0174. The summed E-state index contributed by atoms with van der Waals surface area (Å²) in [4.78, 5) is 47.4. The van der Waals surface area contributed by atoms with Gasteiger partial charge in [0.2, 0.25) is 11.8 Å². The minimum atomic E-state index is -1.31. The largest absolute Gasteiger partial charge is 0.508 e. The summed E-state index contributed by atoms with van der Waals surface area (Å²) < 4.78 is 0. The summed E-state index contributed by atoms with van der Waals surface area (Å²) in [6.45, 7) is 3.76. The van der Waals surface area contributed by atoms with Crippen LogP contribution in [0.1, 0.15) is 38.7 Å². The average Bonchev–Trinajstić information content (AvgIpc) is 2.65. The number of hydrogen-bond acceptors (Lipinski definition) is 6. The highest BCUT2D eigenvalue weighted by molar-refractivity contribution is 5.92. The quantitative estimate of drug-likeness (QED) is 0.276. The lowest BCUT2D eigenvalue weighted by atomic mass is 10.0. The molecule has 10 nitrogen and oxygen atoms in total. The van der Waals surface area contributed by atoms with Crippen molar-refractivity contribution in [3.63, 3.8) is 0 Å². The van der Waals surface area contributed by atoms with Crippen LogP contribution in [0.4, 0.5) is 0 Å². The topological polar surface area (TPSA) is 179 Å². The molecule has 0 saturated carbocycles. The van der Waals surface area contributed by atoms with E-state index < -0.39 is 48.3 Å². The van der Waals surface area contributed by atoms with Crippen molar-refractivity contribution in [2.75, 3.05) is 0 Å². The summed E-state index contributed by atoms with van der Waals surface area (Å²) in [5.41, 5.74) is 6.37. The molecule has 1 aromatic carbocycles. The van der Waals surface area contributed by atoms with E-state index >= 15 is 0 Å². The molecule has 0 radical (unpaired) electrons. The molecule has 0 aliphatic carbocycles. The van der Waals surface area contributed by atoms with Crippen molar-refractivity contribution < 1.29 is 34.5 Å². The number of rotatable bonds is 12. The van der Waals surface area contributed by atoms with E-state index in [-0.39, 0.29) is 24.5 Å². The van der Waals surface area contributed by atoms with Gasteiger partial charge in [0.05, 0.1) is 6.04 Å². The van der Waals surface area contributed by atoms with E-state index in [0.717, 1.165) is 0 Å². The average molecular weight is 423 g/mol. The molecule has 30 heavy (non-hydrogen) atoms. The van der Waals surface area contributed by atoms with Crippen LogP contribution in [0.3, 0.4) is 0 Å². The van der Waals surface area contributed by atoms with Gasteiger partial charge in [-0.3, -0.25) is 14.4 Å². The zero-order valence-electron chi connectivity index (χ0n) is 17.0. The number of aliphatic carboxylic acids is 2. The van der Waals surface area contributed by atoms with Crippen LogP contribution in [-0.4, -0.2) is 57.2 Å². The van der Waals surface area contributed by atoms with Crippen LogP contribution in [0.2, 0.25) is 0 Å². The Morgan fingerprint density at radius 1 is 0.967 bits per heavy atom. The molecule has 0 aliphatic heterocycles. The standard InChI is InChI=1S/C20H29N3O7/c1-11(2)9-14(21)18(27)22-15(7-8-17(25)26)19(28)23-16(20(29)30)10-12-3-5-13(24)6-4-12/h3-6,11,14-16,24H,7-10,21H2,1-2H3,(H,22,27)(H,23,28)(H,25,26)(H,29,30)/t14-,15-,16-/m0/s1. The molecule has 1 aromatic rings. The smallest absolute Gasteiger partial charge is 0.326 e. The first kappa shape index (κ1) is 24.9. The molecule has 7 N–H and O–H groups in total. The van der Waals surface area contributed by atoms with Gasteiger partial charge in [0, 0.05) is 12.8 Å². The number of nitrogens with one attached hydrogen (secondary N) is 2. The van der Waals surface area contributed by atoms with Gasteiger partial charge in [0.15, 0.2) is 0 Å². The summed E-state index contributed by atoms with van der Waals surface area (Å²) in [6, 6.07) is 2.39. The fourth-order valence-electron chi connectivity index (χ4n) is 2.77. The zero-order chi connectivity index (χ0) is 22.8. The molecule has 3 atom stereocenters. The molecule has 2 amide bonds. The van der Waals surface area contributed by atoms with Crippen molar-refractivity contribution in [3.05, 3.63) is 29.8 Å². The monoisotopic (exact) mass is 423 g/mol. The first-order valence-electron chi connectivity index (χ1n) is 9.58. The second-order valence-electron chi connectivity index (χ2n) is 7.50. The third kappa shape index (κ3) is 8.91. The van der Waals surface area contributed by atoms with Crippen LogP contribution >= 0.6 is 0 Å². The van der Waals surface area contributed by atoms with E-state index in [0.29, 0.717) is 12.0 Å². The molecule has 0 aliphatic rings. The lowest BCUT2D eigenvalue weighted by molar-refractivity contribution is -0.143. The second kappa shape index (κ2) is 11.8. The van der Waals surface area contributed by atoms with E-state index in [9.17, 15) is 29.4 Å². The van der Waals surface area contributed by atoms with Gasteiger partial charge in [-0.25, -0.2) is 4.79 Å². The van der Waals surface area contributed by atoms with Crippen molar-refractivity contribution in [1.82, 2.24) is 10.6 Å². The highest BCUT2D eigenvalue weighted by Crippen LogP contribution is 2.12. The van der Waals surface area contributed by atoms with Gasteiger partial charge in [-0.2, -0.15) is 0 Å². The number of carboxylic acid groups (broad SMARTS) is 2. The Bertz CT molecular complexity index is 749. The van der Waals surface area contributed by atoms with Gasteiger partial charge in [-0.05, 0) is 36.5 Å². The molecule has 0 fully saturated rings. The Kier molecular flexibility index (Phi) is 9.76. The first-order chi connectivity index (χ1) is 14.0. The molecule has 0 heterocycles.